The number of amides is 1. The van der Waals surface area contributed by atoms with Gasteiger partial charge >= 0.3 is 0 Å². The second-order valence-corrected chi connectivity index (χ2v) is 8.36. The number of carbonyl (C=O) groups is 1. The second kappa shape index (κ2) is 9.62. The lowest BCUT2D eigenvalue weighted by molar-refractivity contribution is 0.0958. The summed E-state index contributed by atoms with van der Waals surface area (Å²) in [6, 6.07) is 11.2. The molecule has 11 nitrogen and oxygen atoms in total. The molecule has 1 aliphatic heterocycles. The Morgan fingerprint density at radius 1 is 1.11 bits per heavy atom. The molecule has 0 aliphatic carbocycles. The first-order valence-electron chi connectivity index (χ1n) is 12.6. The van der Waals surface area contributed by atoms with Gasteiger partial charge in [0, 0.05) is 29.9 Å². The molecule has 0 saturated heterocycles. The monoisotopic (exact) mass is 489 g/mol. The van der Waals surface area contributed by atoms with Crippen LogP contribution in [0.1, 0.15) is 31.3 Å². The van der Waals surface area contributed by atoms with Crippen LogP contribution in [0.15, 0.2) is 42.7 Å². The summed E-state index contributed by atoms with van der Waals surface area (Å²) in [4.78, 5) is 17.3. The highest BCUT2D eigenvalue weighted by molar-refractivity contribution is 5.99. The summed E-state index contributed by atoms with van der Waals surface area (Å²) in [7, 11) is 3.27. The van der Waals surface area contributed by atoms with Gasteiger partial charge in [-0.15, -0.1) is 10.2 Å². The predicted octanol–water partition coefficient (Wildman–Crippen LogP) is 3.47. The molecule has 2 aromatic carbocycles. The Morgan fingerprint density at radius 3 is 2.69 bits per heavy atom. The molecule has 3 N–H and O–H groups in total. The van der Waals surface area contributed by atoms with Crippen molar-refractivity contribution in [1.82, 2.24) is 30.3 Å². The number of nitrogens with zero attached hydrogens (tertiary/aromatic N) is 5. The number of fused-ring (bicyclic) bond motifs is 6. The van der Waals surface area contributed by atoms with E-state index in [-0.39, 0.29) is 18.0 Å². The molecule has 4 aromatic rings. The van der Waals surface area contributed by atoms with Crippen molar-refractivity contribution in [2.24, 2.45) is 7.05 Å². The maximum Gasteiger partial charge on any atom is 0.273 e. The van der Waals surface area contributed by atoms with Gasteiger partial charge in [-0.25, -0.2) is 4.98 Å². The second-order valence-electron chi connectivity index (χ2n) is 8.36. The Hall–Kier alpha value is -4.51. The molecular formula is C25H26N8O3. The molecule has 184 valence electrons. The molecule has 0 saturated carbocycles. The smallest absolute Gasteiger partial charge is 0.273 e. The van der Waals surface area contributed by atoms with E-state index in [0.29, 0.717) is 35.2 Å². The van der Waals surface area contributed by atoms with Crippen LogP contribution in [0.3, 0.4) is 0 Å². The van der Waals surface area contributed by atoms with E-state index in [1.165, 1.54) is 7.11 Å². The first kappa shape index (κ1) is 19.8. The van der Waals surface area contributed by atoms with Gasteiger partial charge in [0.25, 0.3) is 5.91 Å². The van der Waals surface area contributed by atoms with Crippen LogP contribution >= 0.6 is 0 Å². The fourth-order valence-electron chi connectivity index (χ4n) is 4.09. The molecule has 1 amide bonds. The summed E-state index contributed by atoms with van der Waals surface area (Å²) in [6.07, 6.45) is 1.58. The van der Waals surface area contributed by atoms with Gasteiger partial charge in [-0.05, 0) is 47.9 Å². The number of methoxy groups -OCH3 is 1. The minimum absolute atomic E-state index is 0.204. The van der Waals surface area contributed by atoms with E-state index in [4.69, 9.17) is 13.6 Å². The van der Waals surface area contributed by atoms with Crippen LogP contribution in [-0.4, -0.2) is 45.0 Å². The quantitative estimate of drug-likeness (QED) is 0.396. The first-order chi connectivity index (χ1) is 18.6. The lowest BCUT2D eigenvalue weighted by Gasteiger charge is -2.19. The van der Waals surface area contributed by atoms with Crippen molar-refractivity contribution in [3.05, 3.63) is 65.1 Å². The summed E-state index contributed by atoms with van der Waals surface area (Å²) in [5.41, 5.74) is 4.57. The maximum absolute atomic E-state index is 12.9. The van der Waals surface area contributed by atoms with E-state index in [1.54, 1.807) is 24.1 Å². The number of rotatable bonds is 3. The van der Waals surface area contributed by atoms with Gasteiger partial charge in [0.1, 0.15) is 6.33 Å². The highest BCUT2D eigenvalue weighted by Crippen LogP contribution is 2.39. The summed E-state index contributed by atoms with van der Waals surface area (Å²) in [5, 5.41) is 21.0. The predicted molar refractivity (Wildman–Crippen MR) is 135 cm³/mol. The Balaban J connectivity index is 1.68. The van der Waals surface area contributed by atoms with Crippen LogP contribution in [-0.2, 0) is 25.0 Å². The maximum atomic E-state index is 12.9. The van der Waals surface area contributed by atoms with E-state index in [2.05, 4.69) is 30.9 Å². The Labute approximate surface area is 212 Å². The van der Waals surface area contributed by atoms with Crippen LogP contribution in [0, 0.1) is 6.92 Å². The molecule has 0 unspecified atom stereocenters. The average Bonchev–Trinajstić information content (AvgIpc) is 3.28. The fourth-order valence-corrected chi connectivity index (χ4v) is 4.09. The number of carbonyl (C=O) groups excluding carboxylic acids is 1. The van der Waals surface area contributed by atoms with Crippen molar-refractivity contribution in [2.45, 2.75) is 20.1 Å². The molecule has 36 heavy (non-hydrogen) atoms. The van der Waals surface area contributed by atoms with E-state index in [9.17, 15) is 4.79 Å². The van der Waals surface area contributed by atoms with Gasteiger partial charge in [-0.3, -0.25) is 9.48 Å². The largest absolute Gasteiger partial charge is 0.494 e. The van der Waals surface area contributed by atoms with E-state index >= 15 is 0 Å². The number of nitrogens with one attached hydrogen (secondary N) is 3. The lowest BCUT2D eigenvalue weighted by Crippen LogP contribution is -2.21. The molecule has 0 spiro atoms. The standard InChI is InChI=1S/C25H26N8O3/c1-14-5-15-7-17(6-14)28-21-10-19(22(31-30-21)25(34)26-2)29-20-9-16(12-36-11-15)8-18(23(20)35-4)24-27-13-33(3)32-24/h5-10,13,29H,11-12H2,1-4H3,(H,26,34)(H,28,30)/i2D3. The normalized spacial score (nSPS) is 14.2. The third-order valence-electron chi connectivity index (χ3n) is 5.53. The van der Waals surface area contributed by atoms with Crippen molar-refractivity contribution in [2.75, 3.05) is 24.7 Å². The number of ether oxygens (including phenoxy) is 2. The van der Waals surface area contributed by atoms with Crippen LogP contribution in [0.5, 0.6) is 5.75 Å². The summed E-state index contributed by atoms with van der Waals surface area (Å²) in [5.74, 6) is 0.255. The number of aryl methyl sites for hydroxylation is 2. The Morgan fingerprint density at radius 2 is 1.94 bits per heavy atom. The van der Waals surface area contributed by atoms with E-state index in [0.717, 1.165) is 22.4 Å². The minimum Gasteiger partial charge on any atom is -0.494 e. The SMILES string of the molecule is [2H]C([2H])([2H])NC(=O)c1nnc2cc1Nc1cc(cc(-c3ncn(C)n3)c1OC)COCc1cc(C)cc(c1)N2. The number of hydrogen-bond donors (Lipinski definition) is 3. The molecule has 0 atom stereocenters. The molecule has 0 radical (unpaired) electrons. The zero-order valence-electron chi connectivity index (χ0n) is 22.9. The number of hydrogen-bond acceptors (Lipinski definition) is 9. The highest BCUT2D eigenvalue weighted by atomic mass is 16.5. The van der Waals surface area contributed by atoms with Crippen molar-refractivity contribution in [3.63, 3.8) is 0 Å². The zero-order valence-corrected chi connectivity index (χ0v) is 19.9. The molecule has 11 heteroatoms. The highest BCUT2D eigenvalue weighted by Gasteiger charge is 2.21. The lowest BCUT2D eigenvalue weighted by atomic mass is 10.1. The van der Waals surface area contributed by atoms with Crippen molar-refractivity contribution in [1.29, 1.82) is 0 Å². The molecule has 5 rings (SSSR count). The number of anilines is 4. The van der Waals surface area contributed by atoms with Crippen LogP contribution in [0.2, 0.25) is 0 Å². The molecule has 6 bridgehead atoms. The van der Waals surface area contributed by atoms with E-state index < -0.39 is 12.9 Å². The van der Waals surface area contributed by atoms with Crippen molar-refractivity contribution < 1.29 is 18.4 Å². The van der Waals surface area contributed by atoms with Gasteiger partial charge in [0.2, 0.25) is 0 Å². The van der Waals surface area contributed by atoms with Gasteiger partial charge in [-0.1, -0.05) is 6.07 Å². The fraction of sp³-hybridized carbons (Fsp3) is 0.240. The van der Waals surface area contributed by atoms with Gasteiger partial charge in [-0.2, -0.15) is 5.10 Å². The van der Waals surface area contributed by atoms with Gasteiger partial charge in [0.05, 0.1) is 37.3 Å². The van der Waals surface area contributed by atoms with Crippen molar-refractivity contribution >= 4 is 28.8 Å². The third kappa shape index (κ3) is 4.68. The van der Waals surface area contributed by atoms with Crippen LogP contribution in [0.4, 0.5) is 22.9 Å². The molecule has 2 aromatic heterocycles. The third-order valence-corrected chi connectivity index (χ3v) is 5.53. The summed E-state index contributed by atoms with van der Waals surface area (Å²) in [6.45, 7) is -0.107. The average molecular weight is 490 g/mol. The first-order valence-corrected chi connectivity index (χ1v) is 11.1. The molecule has 1 aliphatic rings. The number of benzene rings is 2. The Kier molecular flexibility index (Phi) is 5.28. The van der Waals surface area contributed by atoms with Crippen LogP contribution in [0.25, 0.3) is 11.4 Å². The molecular weight excluding hydrogens is 460 g/mol. The summed E-state index contributed by atoms with van der Waals surface area (Å²) >= 11 is 0. The Bertz CT molecular complexity index is 1550. The molecule has 3 heterocycles. The van der Waals surface area contributed by atoms with Crippen LogP contribution < -0.4 is 20.7 Å². The topological polar surface area (TPSA) is 128 Å². The van der Waals surface area contributed by atoms with Crippen molar-refractivity contribution in [3.8, 4) is 17.1 Å². The molecule has 0 fully saturated rings. The van der Waals surface area contributed by atoms with E-state index in [1.807, 2.05) is 42.6 Å². The van der Waals surface area contributed by atoms with Gasteiger partial charge in [0.15, 0.2) is 23.1 Å². The summed E-state index contributed by atoms with van der Waals surface area (Å²) < 4.78 is 35.7. The minimum atomic E-state index is -2.71. The van der Waals surface area contributed by atoms with Gasteiger partial charge < -0.3 is 25.4 Å². The number of aromatic nitrogens is 5. The zero-order chi connectivity index (χ0) is 27.7.